The predicted octanol–water partition coefficient (Wildman–Crippen LogP) is 1.13. The van der Waals surface area contributed by atoms with E-state index in [0.29, 0.717) is 0 Å². The SMILES string of the molecule is CC(=O)[CH]Br. The van der Waals surface area contributed by atoms with Crippen LogP contribution in [0, 0.1) is 5.33 Å². The van der Waals surface area contributed by atoms with Crippen molar-refractivity contribution in [3.63, 3.8) is 0 Å². The van der Waals surface area contributed by atoms with Crippen molar-refractivity contribution in [1.82, 2.24) is 0 Å². The average Bonchev–Trinajstić information content (AvgIpc) is 1.38. The summed E-state index contributed by atoms with van der Waals surface area (Å²) in [5, 5.41) is 1.34. The Hall–Kier alpha value is 0.150. The van der Waals surface area contributed by atoms with Crippen LogP contribution in [0.1, 0.15) is 6.92 Å². The van der Waals surface area contributed by atoms with Crippen molar-refractivity contribution in [2.24, 2.45) is 0 Å². The quantitative estimate of drug-likeness (QED) is 0.528. The van der Waals surface area contributed by atoms with E-state index in [9.17, 15) is 4.79 Å². The molecule has 0 aromatic carbocycles. The van der Waals surface area contributed by atoms with Crippen LogP contribution < -0.4 is 0 Å². The van der Waals surface area contributed by atoms with E-state index in [1.54, 1.807) is 0 Å². The van der Waals surface area contributed by atoms with E-state index < -0.39 is 0 Å². The van der Waals surface area contributed by atoms with Crippen molar-refractivity contribution in [1.29, 1.82) is 0 Å². The Morgan fingerprint density at radius 3 is 2.20 bits per heavy atom. The van der Waals surface area contributed by atoms with Gasteiger partial charge >= 0.3 is 0 Å². The number of ketones is 1. The van der Waals surface area contributed by atoms with Gasteiger partial charge in [-0.1, -0.05) is 15.9 Å². The number of Topliss-reactive ketones (excluding diaryl/α,β-unsaturated/α-hetero) is 1. The molecular formula is C3H4BrO. The molecule has 1 radical (unpaired) electrons. The normalized spacial score (nSPS) is 7.60. The monoisotopic (exact) mass is 135 g/mol. The Kier molecular flexibility index (Phi) is 2.46. The number of hydrogen-bond acceptors (Lipinski definition) is 1. The van der Waals surface area contributed by atoms with Gasteiger partial charge < -0.3 is 0 Å². The zero-order chi connectivity index (χ0) is 4.28. The first-order valence-electron chi connectivity index (χ1n) is 1.21. The van der Waals surface area contributed by atoms with Gasteiger partial charge in [0.2, 0.25) is 0 Å². The van der Waals surface area contributed by atoms with Gasteiger partial charge in [0.25, 0.3) is 0 Å². The lowest BCUT2D eigenvalue weighted by atomic mass is 10.5. The summed E-state index contributed by atoms with van der Waals surface area (Å²) in [6, 6.07) is 0. The van der Waals surface area contributed by atoms with E-state index in [0.717, 1.165) is 0 Å². The molecule has 29 valence electrons. The summed E-state index contributed by atoms with van der Waals surface area (Å²) in [5.74, 6) is 0.0463. The van der Waals surface area contributed by atoms with Gasteiger partial charge in [0.1, 0.15) is 5.78 Å². The van der Waals surface area contributed by atoms with Crippen LogP contribution >= 0.6 is 15.9 Å². The fourth-order valence-corrected chi connectivity index (χ4v) is 0. The highest BCUT2D eigenvalue weighted by atomic mass is 79.9. The molecule has 2 heteroatoms. The van der Waals surface area contributed by atoms with E-state index in [1.807, 2.05) is 0 Å². The van der Waals surface area contributed by atoms with E-state index in [2.05, 4.69) is 15.9 Å². The highest BCUT2D eigenvalue weighted by molar-refractivity contribution is 9.11. The van der Waals surface area contributed by atoms with E-state index >= 15 is 0 Å². The van der Waals surface area contributed by atoms with Crippen LogP contribution in [0.25, 0.3) is 0 Å². The Bertz CT molecular complexity index is 42.2. The second kappa shape index (κ2) is 2.39. The first-order chi connectivity index (χ1) is 2.27. The number of carbonyl (C=O) groups is 1. The minimum atomic E-state index is 0.0463. The molecule has 0 atom stereocenters. The lowest BCUT2D eigenvalue weighted by Crippen LogP contribution is -1.78. The van der Waals surface area contributed by atoms with Crippen LogP contribution in [0.5, 0.6) is 0 Å². The van der Waals surface area contributed by atoms with Crippen molar-refractivity contribution in [2.45, 2.75) is 6.92 Å². The van der Waals surface area contributed by atoms with Gasteiger partial charge in [0.05, 0.1) is 5.33 Å². The van der Waals surface area contributed by atoms with Crippen molar-refractivity contribution < 1.29 is 4.79 Å². The molecule has 5 heavy (non-hydrogen) atoms. The molecule has 0 bridgehead atoms. The van der Waals surface area contributed by atoms with E-state index in [4.69, 9.17) is 0 Å². The average molecular weight is 136 g/mol. The van der Waals surface area contributed by atoms with Crippen LogP contribution in [0.4, 0.5) is 0 Å². The lowest BCUT2D eigenvalue weighted by molar-refractivity contribution is -0.113. The first-order valence-corrected chi connectivity index (χ1v) is 2.13. The lowest BCUT2D eigenvalue weighted by Gasteiger charge is -1.68. The summed E-state index contributed by atoms with van der Waals surface area (Å²) in [4.78, 5) is 9.71. The minimum Gasteiger partial charge on any atom is -0.299 e. The van der Waals surface area contributed by atoms with E-state index in [1.165, 1.54) is 12.3 Å². The molecule has 0 spiro atoms. The summed E-state index contributed by atoms with van der Waals surface area (Å²) in [6.45, 7) is 1.48. The van der Waals surface area contributed by atoms with Gasteiger partial charge in [-0.05, 0) is 6.92 Å². The predicted molar refractivity (Wildman–Crippen MR) is 23.9 cm³/mol. The van der Waals surface area contributed by atoms with Crippen molar-refractivity contribution in [2.75, 3.05) is 0 Å². The molecule has 0 aliphatic heterocycles. The summed E-state index contributed by atoms with van der Waals surface area (Å²) in [5.41, 5.74) is 0. The van der Waals surface area contributed by atoms with Gasteiger partial charge in [-0.2, -0.15) is 0 Å². The molecule has 1 nitrogen and oxygen atoms in total. The zero-order valence-corrected chi connectivity index (χ0v) is 4.45. The molecule has 0 aliphatic carbocycles. The molecule has 0 rings (SSSR count). The largest absolute Gasteiger partial charge is 0.299 e. The topological polar surface area (TPSA) is 17.1 Å². The highest BCUT2D eigenvalue weighted by Gasteiger charge is 1.80. The number of hydrogen-bond donors (Lipinski definition) is 0. The molecule has 0 heterocycles. The summed E-state index contributed by atoms with van der Waals surface area (Å²) in [7, 11) is 0. The summed E-state index contributed by atoms with van der Waals surface area (Å²) >= 11 is 2.84. The van der Waals surface area contributed by atoms with Crippen LogP contribution in [-0.2, 0) is 4.79 Å². The van der Waals surface area contributed by atoms with Crippen molar-refractivity contribution >= 4 is 21.7 Å². The maximum atomic E-state index is 9.71. The van der Waals surface area contributed by atoms with Crippen molar-refractivity contribution in [3.8, 4) is 0 Å². The Morgan fingerprint density at radius 1 is 2.00 bits per heavy atom. The van der Waals surface area contributed by atoms with Gasteiger partial charge in [-0.25, -0.2) is 0 Å². The molecule has 0 fully saturated rings. The second-order valence-electron chi connectivity index (χ2n) is 0.720. The molecular weight excluding hydrogens is 132 g/mol. The molecule has 0 unspecified atom stereocenters. The van der Waals surface area contributed by atoms with Gasteiger partial charge in [-0.3, -0.25) is 4.79 Å². The molecule has 0 aliphatic rings. The molecule has 0 aromatic rings. The zero-order valence-electron chi connectivity index (χ0n) is 2.86. The number of halogens is 1. The fourth-order valence-electron chi connectivity index (χ4n) is 0. The van der Waals surface area contributed by atoms with Gasteiger partial charge in [-0.15, -0.1) is 0 Å². The van der Waals surface area contributed by atoms with Crippen molar-refractivity contribution in [3.05, 3.63) is 5.33 Å². The summed E-state index contributed by atoms with van der Waals surface area (Å²) in [6.07, 6.45) is 0. The molecule has 0 N–H and O–H groups in total. The number of rotatable bonds is 1. The highest BCUT2D eigenvalue weighted by Crippen LogP contribution is 1.85. The fraction of sp³-hybridized carbons (Fsp3) is 0.333. The van der Waals surface area contributed by atoms with Crippen LogP contribution in [0.3, 0.4) is 0 Å². The van der Waals surface area contributed by atoms with Crippen LogP contribution in [0.15, 0.2) is 0 Å². The standard InChI is InChI=1S/C3H4BrO/c1-3(5)2-4/h2H,1H3. The summed E-state index contributed by atoms with van der Waals surface area (Å²) < 4.78 is 0. The smallest absolute Gasteiger partial charge is 0.145 e. The van der Waals surface area contributed by atoms with E-state index in [-0.39, 0.29) is 5.78 Å². The first kappa shape index (κ1) is 5.15. The number of carbonyl (C=O) groups excluding carboxylic acids is 1. The third-order valence-electron chi connectivity index (χ3n) is 0.154. The molecule has 0 saturated carbocycles. The van der Waals surface area contributed by atoms with Crippen LogP contribution in [0.2, 0.25) is 0 Å². The van der Waals surface area contributed by atoms with Gasteiger partial charge in [0, 0.05) is 0 Å². The van der Waals surface area contributed by atoms with Gasteiger partial charge in [0.15, 0.2) is 0 Å². The Labute approximate surface area is 39.5 Å². The van der Waals surface area contributed by atoms with Crippen LogP contribution in [-0.4, -0.2) is 5.78 Å². The maximum absolute atomic E-state index is 9.71. The molecule has 0 aromatic heterocycles. The Balaban J connectivity index is 2.85. The third kappa shape index (κ3) is 4.15. The second-order valence-corrected chi connectivity index (χ2v) is 1.18. The third-order valence-corrected chi connectivity index (χ3v) is 0.798. The molecule has 0 amide bonds. The molecule has 0 saturated heterocycles. The maximum Gasteiger partial charge on any atom is 0.145 e. The Morgan fingerprint density at radius 2 is 2.20 bits per heavy atom. The minimum absolute atomic E-state index is 0.0463.